The van der Waals surface area contributed by atoms with E-state index in [2.05, 4.69) is 15.3 Å². The summed E-state index contributed by atoms with van der Waals surface area (Å²) < 4.78 is 38.6. The van der Waals surface area contributed by atoms with Crippen molar-refractivity contribution in [2.24, 2.45) is 0 Å². The van der Waals surface area contributed by atoms with Gasteiger partial charge in [-0.3, -0.25) is 4.79 Å². The summed E-state index contributed by atoms with van der Waals surface area (Å²) in [4.78, 5) is 19.0. The van der Waals surface area contributed by atoms with Gasteiger partial charge in [-0.25, -0.2) is 4.98 Å². The van der Waals surface area contributed by atoms with E-state index in [1.54, 1.807) is 20.0 Å². The van der Waals surface area contributed by atoms with Crippen LogP contribution in [0.25, 0.3) is 0 Å². The molecule has 0 saturated carbocycles. The van der Waals surface area contributed by atoms with Gasteiger partial charge in [-0.15, -0.1) is 0 Å². The largest absolute Gasteiger partial charge is 0.417 e. The number of carbonyl (C=O) groups excluding carboxylic acids is 1. The smallest absolute Gasteiger partial charge is 0.344 e. The number of benzene rings is 1. The molecule has 1 heterocycles. The summed E-state index contributed by atoms with van der Waals surface area (Å²) in [6, 6.07) is 4.16. The quantitative estimate of drug-likeness (QED) is 0.914. The van der Waals surface area contributed by atoms with E-state index in [0.717, 1.165) is 17.8 Å². The molecule has 1 aromatic carbocycles. The molecule has 4 nitrogen and oxygen atoms in total. The first kappa shape index (κ1) is 15.1. The lowest BCUT2D eigenvalue weighted by molar-refractivity contribution is -0.137. The molecule has 2 aromatic rings. The molecule has 21 heavy (non-hydrogen) atoms. The molecule has 1 amide bonds. The number of alkyl halides is 3. The minimum absolute atomic E-state index is 0.403. The third kappa shape index (κ3) is 3.42. The Balaban J connectivity index is 2.21. The van der Waals surface area contributed by atoms with E-state index in [-0.39, 0.29) is 0 Å². The minimum atomic E-state index is -4.57. The molecule has 0 aliphatic rings. The van der Waals surface area contributed by atoms with E-state index >= 15 is 0 Å². The number of imidazole rings is 1. The summed E-state index contributed by atoms with van der Waals surface area (Å²) in [5, 5.41) is 2.51. The number of carbonyl (C=O) groups is 1. The van der Waals surface area contributed by atoms with Crippen molar-refractivity contribution in [3.8, 4) is 0 Å². The molecule has 0 radical (unpaired) electrons. The number of rotatable bonds is 3. The van der Waals surface area contributed by atoms with E-state index in [4.69, 9.17) is 0 Å². The number of hydrogen-bond donors (Lipinski definition) is 2. The van der Waals surface area contributed by atoms with Crippen molar-refractivity contribution in [3.63, 3.8) is 0 Å². The van der Waals surface area contributed by atoms with Crippen molar-refractivity contribution >= 4 is 5.91 Å². The van der Waals surface area contributed by atoms with E-state index in [9.17, 15) is 18.0 Å². The fourth-order valence-corrected chi connectivity index (χ4v) is 1.92. The van der Waals surface area contributed by atoms with Crippen LogP contribution in [0.4, 0.5) is 13.2 Å². The zero-order valence-electron chi connectivity index (χ0n) is 11.5. The molecule has 2 N–H and O–H groups in total. The molecule has 0 bridgehead atoms. The van der Waals surface area contributed by atoms with Crippen LogP contribution in [0.15, 0.2) is 30.5 Å². The molecule has 0 aliphatic carbocycles. The number of amides is 1. The average Bonchev–Trinajstić information content (AvgIpc) is 2.84. The third-order valence-corrected chi connectivity index (χ3v) is 2.96. The van der Waals surface area contributed by atoms with Crippen LogP contribution in [0.5, 0.6) is 0 Å². The first-order valence-electron chi connectivity index (χ1n) is 6.27. The van der Waals surface area contributed by atoms with Crippen LogP contribution in [0.2, 0.25) is 0 Å². The molecule has 112 valence electrons. The lowest BCUT2D eigenvalue weighted by Crippen LogP contribution is -2.29. The van der Waals surface area contributed by atoms with Crippen molar-refractivity contribution in [3.05, 3.63) is 53.1 Å². The molecule has 1 unspecified atom stereocenters. The molecule has 2 rings (SSSR count). The fraction of sp³-hybridized carbons (Fsp3) is 0.286. The van der Waals surface area contributed by atoms with E-state index < -0.39 is 29.3 Å². The Bertz CT molecular complexity index is 649. The number of aromatic nitrogens is 2. The summed E-state index contributed by atoms with van der Waals surface area (Å²) in [6.07, 6.45) is -2.99. The number of nitrogens with one attached hydrogen (secondary N) is 2. The first-order valence-corrected chi connectivity index (χ1v) is 6.27. The molecule has 0 saturated heterocycles. The van der Waals surface area contributed by atoms with Gasteiger partial charge in [0.25, 0.3) is 5.91 Å². The second kappa shape index (κ2) is 5.59. The zero-order valence-corrected chi connectivity index (χ0v) is 11.5. The van der Waals surface area contributed by atoms with Crippen LogP contribution in [-0.2, 0) is 6.18 Å². The van der Waals surface area contributed by atoms with Gasteiger partial charge in [0.05, 0.1) is 17.2 Å². The Morgan fingerprint density at radius 1 is 1.33 bits per heavy atom. The Kier molecular flexibility index (Phi) is 4.02. The van der Waals surface area contributed by atoms with Crippen molar-refractivity contribution < 1.29 is 18.0 Å². The summed E-state index contributed by atoms with van der Waals surface area (Å²) in [6.45, 7) is 3.44. The van der Waals surface area contributed by atoms with Gasteiger partial charge in [0.2, 0.25) is 0 Å². The molecule has 0 fully saturated rings. The number of hydrogen-bond acceptors (Lipinski definition) is 2. The minimum Gasteiger partial charge on any atom is -0.344 e. The molecule has 0 spiro atoms. The summed E-state index contributed by atoms with van der Waals surface area (Å²) >= 11 is 0. The summed E-state index contributed by atoms with van der Waals surface area (Å²) in [5.74, 6) is -0.296. The van der Waals surface area contributed by atoms with E-state index in [1.165, 1.54) is 12.1 Å². The van der Waals surface area contributed by atoms with Crippen LogP contribution in [-0.4, -0.2) is 15.9 Å². The van der Waals surface area contributed by atoms with Gasteiger partial charge in [0, 0.05) is 11.9 Å². The van der Waals surface area contributed by atoms with Gasteiger partial charge in [-0.1, -0.05) is 12.1 Å². The number of nitrogens with zero attached hydrogens (tertiary/aromatic N) is 1. The van der Waals surface area contributed by atoms with E-state index in [1.807, 2.05) is 0 Å². The van der Waals surface area contributed by atoms with Crippen molar-refractivity contribution in [1.29, 1.82) is 0 Å². The molecular formula is C14H14F3N3O. The Morgan fingerprint density at radius 2 is 2.00 bits per heavy atom. The summed E-state index contributed by atoms with van der Waals surface area (Å²) in [7, 11) is 0. The van der Waals surface area contributed by atoms with Gasteiger partial charge >= 0.3 is 6.18 Å². The highest BCUT2D eigenvalue weighted by molar-refractivity contribution is 5.96. The predicted octanol–water partition coefficient (Wildman–Crippen LogP) is 3.23. The van der Waals surface area contributed by atoms with E-state index in [0.29, 0.717) is 5.82 Å². The fourth-order valence-electron chi connectivity index (χ4n) is 1.92. The van der Waals surface area contributed by atoms with Gasteiger partial charge in [-0.2, -0.15) is 13.2 Å². The van der Waals surface area contributed by atoms with Gasteiger partial charge in [0.15, 0.2) is 0 Å². The number of halogens is 3. The SMILES string of the molecule is Cc1cnc(C(C)NC(=O)c2ccccc2C(F)(F)F)[nH]1. The predicted molar refractivity (Wildman–Crippen MR) is 70.6 cm³/mol. The third-order valence-electron chi connectivity index (χ3n) is 2.96. The number of aryl methyl sites for hydroxylation is 1. The summed E-state index contributed by atoms with van der Waals surface area (Å²) in [5.41, 5.74) is -0.549. The van der Waals surface area contributed by atoms with Crippen LogP contribution in [0, 0.1) is 6.92 Å². The number of aromatic amines is 1. The first-order chi connectivity index (χ1) is 9.79. The lowest BCUT2D eigenvalue weighted by atomic mass is 10.1. The monoisotopic (exact) mass is 297 g/mol. The van der Waals surface area contributed by atoms with Gasteiger partial charge in [0.1, 0.15) is 5.82 Å². The molecule has 7 heteroatoms. The standard InChI is InChI=1S/C14H14F3N3O/c1-8-7-18-12(19-8)9(2)20-13(21)10-5-3-4-6-11(10)14(15,16)17/h3-7,9H,1-2H3,(H,18,19)(H,20,21). The Labute approximate surface area is 119 Å². The van der Waals surface area contributed by atoms with Crippen LogP contribution in [0.3, 0.4) is 0 Å². The molecule has 0 aliphatic heterocycles. The maximum atomic E-state index is 12.9. The van der Waals surface area contributed by atoms with Crippen molar-refractivity contribution in [2.45, 2.75) is 26.1 Å². The van der Waals surface area contributed by atoms with Crippen LogP contribution in [0.1, 0.15) is 40.4 Å². The zero-order chi connectivity index (χ0) is 15.6. The molecule has 1 aromatic heterocycles. The second-order valence-electron chi connectivity index (χ2n) is 4.69. The highest BCUT2D eigenvalue weighted by Crippen LogP contribution is 2.31. The maximum absolute atomic E-state index is 12.9. The lowest BCUT2D eigenvalue weighted by Gasteiger charge is -2.15. The second-order valence-corrected chi connectivity index (χ2v) is 4.69. The molecular weight excluding hydrogens is 283 g/mol. The van der Waals surface area contributed by atoms with Crippen LogP contribution < -0.4 is 5.32 Å². The highest BCUT2D eigenvalue weighted by Gasteiger charge is 2.35. The van der Waals surface area contributed by atoms with Crippen molar-refractivity contribution in [2.75, 3.05) is 0 Å². The topological polar surface area (TPSA) is 57.8 Å². The normalized spacial score (nSPS) is 13.0. The number of H-pyrrole nitrogens is 1. The Morgan fingerprint density at radius 3 is 2.57 bits per heavy atom. The van der Waals surface area contributed by atoms with Gasteiger partial charge in [-0.05, 0) is 26.0 Å². The average molecular weight is 297 g/mol. The van der Waals surface area contributed by atoms with Crippen molar-refractivity contribution in [1.82, 2.24) is 15.3 Å². The Hall–Kier alpha value is -2.31. The van der Waals surface area contributed by atoms with Crippen LogP contribution >= 0.6 is 0 Å². The molecule has 1 atom stereocenters. The maximum Gasteiger partial charge on any atom is 0.417 e. The highest BCUT2D eigenvalue weighted by atomic mass is 19.4. The van der Waals surface area contributed by atoms with Gasteiger partial charge < -0.3 is 10.3 Å².